The van der Waals surface area contributed by atoms with Crippen LogP contribution in [-0.2, 0) is 6.54 Å². The molecule has 7 nitrogen and oxygen atoms in total. The molecule has 2 aromatic carbocycles. The maximum Gasteiger partial charge on any atom is 0.251 e. The van der Waals surface area contributed by atoms with Crippen molar-refractivity contribution in [2.45, 2.75) is 19.9 Å². The number of methoxy groups -OCH3 is 1. The van der Waals surface area contributed by atoms with Crippen molar-refractivity contribution in [3.8, 4) is 5.75 Å². The lowest BCUT2D eigenvalue weighted by Crippen LogP contribution is -2.52. The van der Waals surface area contributed by atoms with Crippen LogP contribution in [0.5, 0.6) is 5.75 Å². The largest absolute Gasteiger partial charge is 0.497 e. The van der Waals surface area contributed by atoms with Gasteiger partial charge in [-0.1, -0.05) is 19.1 Å². The zero-order valence-electron chi connectivity index (χ0n) is 19.1. The van der Waals surface area contributed by atoms with Gasteiger partial charge < -0.3 is 25.2 Å². The Kier molecular flexibility index (Phi) is 10.6. The first kappa shape index (κ1) is 25.8. The van der Waals surface area contributed by atoms with Gasteiger partial charge in [-0.2, -0.15) is 0 Å². The molecule has 1 aliphatic rings. The predicted molar refractivity (Wildman–Crippen MR) is 141 cm³/mol. The number of piperazine rings is 1. The lowest BCUT2D eigenvalue weighted by Gasteiger charge is -2.37. The summed E-state index contributed by atoms with van der Waals surface area (Å²) in [6.45, 7) is 7.01. The summed E-state index contributed by atoms with van der Waals surface area (Å²) in [7, 11) is 3.50. The van der Waals surface area contributed by atoms with E-state index in [-0.39, 0.29) is 29.9 Å². The minimum Gasteiger partial charge on any atom is -0.497 e. The third kappa shape index (κ3) is 7.01. The highest BCUT2D eigenvalue weighted by atomic mass is 127. The van der Waals surface area contributed by atoms with Crippen molar-refractivity contribution in [2.75, 3.05) is 51.8 Å². The van der Waals surface area contributed by atoms with Gasteiger partial charge in [0, 0.05) is 57.6 Å². The van der Waals surface area contributed by atoms with Crippen molar-refractivity contribution in [1.82, 2.24) is 15.5 Å². The second kappa shape index (κ2) is 13.1. The van der Waals surface area contributed by atoms with Gasteiger partial charge in [-0.15, -0.1) is 24.0 Å². The number of aliphatic imine (C=N–C) groups is 1. The van der Waals surface area contributed by atoms with Gasteiger partial charge in [-0.3, -0.25) is 9.79 Å². The lowest BCUT2D eigenvalue weighted by atomic mass is 10.1. The van der Waals surface area contributed by atoms with Gasteiger partial charge in [0.15, 0.2) is 5.96 Å². The molecule has 1 saturated heterocycles. The third-order valence-electron chi connectivity index (χ3n) is 5.40. The number of hydrogen-bond donors (Lipinski definition) is 2. The number of anilines is 1. The average Bonchev–Trinajstić information content (AvgIpc) is 2.83. The molecule has 8 heteroatoms. The Morgan fingerprint density at radius 1 is 1.06 bits per heavy atom. The second-order valence-corrected chi connectivity index (χ2v) is 7.53. The van der Waals surface area contributed by atoms with Crippen LogP contribution in [0, 0.1) is 0 Å². The van der Waals surface area contributed by atoms with Crippen molar-refractivity contribution in [1.29, 1.82) is 0 Å². The second-order valence-electron chi connectivity index (χ2n) is 7.53. The Bertz CT molecular complexity index is 880. The maximum atomic E-state index is 12.2. The van der Waals surface area contributed by atoms with Crippen molar-refractivity contribution >= 4 is 41.5 Å². The number of benzene rings is 2. The molecule has 1 amide bonds. The van der Waals surface area contributed by atoms with E-state index in [4.69, 9.17) is 4.74 Å². The number of halogens is 1. The van der Waals surface area contributed by atoms with Crippen LogP contribution in [0.2, 0.25) is 0 Å². The summed E-state index contributed by atoms with van der Waals surface area (Å²) in [4.78, 5) is 21.3. The third-order valence-corrected chi connectivity index (χ3v) is 5.40. The highest BCUT2D eigenvalue weighted by Crippen LogP contribution is 2.20. The van der Waals surface area contributed by atoms with E-state index in [1.165, 1.54) is 5.69 Å². The van der Waals surface area contributed by atoms with Gasteiger partial charge >= 0.3 is 0 Å². The van der Waals surface area contributed by atoms with Crippen molar-refractivity contribution in [3.63, 3.8) is 0 Å². The number of amides is 1. The van der Waals surface area contributed by atoms with Gasteiger partial charge in [0.25, 0.3) is 5.91 Å². The van der Waals surface area contributed by atoms with E-state index >= 15 is 0 Å². The maximum absolute atomic E-state index is 12.2. The first-order chi connectivity index (χ1) is 15.1. The fourth-order valence-electron chi connectivity index (χ4n) is 3.65. The van der Waals surface area contributed by atoms with Crippen LogP contribution in [0.1, 0.15) is 29.3 Å². The predicted octanol–water partition coefficient (Wildman–Crippen LogP) is 3.35. The number of nitrogens with one attached hydrogen (secondary N) is 2. The van der Waals surface area contributed by atoms with Gasteiger partial charge in [0.05, 0.1) is 7.11 Å². The Balaban J connectivity index is 0.00000363. The summed E-state index contributed by atoms with van der Waals surface area (Å²) in [5.41, 5.74) is 2.96. The molecule has 0 spiro atoms. The number of nitrogens with zero attached hydrogens (tertiary/aromatic N) is 3. The van der Waals surface area contributed by atoms with Crippen LogP contribution in [0.25, 0.3) is 0 Å². The monoisotopic (exact) mass is 551 g/mol. The molecule has 0 bridgehead atoms. The number of carbonyl (C=O) groups excluding carboxylic acids is 1. The first-order valence-corrected chi connectivity index (χ1v) is 10.9. The minimum atomic E-state index is -0.0252. The number of hydrogen-bond acceptors (Lipinski definition) is 4. The summed E-state index contributed by atoms with van der Waals surface area (Å²) in [6.07, 6.45) is 0.926. The summed E-state index contributed by atoms with van der Waals surface area (Å²) in [5.74, 6) is 1.73. The number of guanidine groups is 1. The molecule has 0 aromatic heterocycles. The molecular formula is C24H34IN5O2. The Morgan fingerprint density at radius 3 is 2.41 bits per heavy atom. The molecule has 2 aromatic rings. The molecule has 1 heterocycles. The normalized spacial score (nSPS) is 13.9. The van der Waals surface area contributed by atoms with E-state index in [9.17, 15) is 4.79 Å². The minimum absolute atomic E-state index is 0. The molecule has 0 atom stereocenters. The van der Waals surface area contributed by atoms with Crippen molar-refractivity contribution < 1.29 is 9.53 Å². The van der Waals surface area contributed by atoms with Crippen LogP contribution < -0.4 is 20.3 Å². The van der Waals surface area contributed by atoms with E-state index in [1.54, 1.807) is 7.11 Å². The standard InChI is InChI=1S/C24H33N5O2.HI/c1-4-12-26-23(30)20-7-5-6-19(17-20)18-27-24(25-2)29-15-13-28(14-16-29)21-8-10-22(31-3)11-9-21;/h5-11,17H,4,12-16,18H2,1-3H3,(H,25,27)(H,26,30);1H. The Hall–Kier alpha value is -2.49. The molecule has 3 rings (SSSR count). The molecule has 0 aliphatic carbocycles. The fourth-order valence-corrected chi connectivity index (χ4v) is 3.65. The van der Waals surface area contributed by atoms with Crippen LogP contribution >= 0.6 is 24.0 Å². The Labute approximate surface area is 208 Å². The van der Waals surface area contributed by atoms with Crippen LogP contribution in [-0.4, -0.2) is 63.6 Å². The molecule has 1 fully saturated rings. The van der Waals surface area contributed by atoms with Crippen molar-refractivity contribution in [3.05, 3.63) is 59.7 Å². The number of carbonyl (C=O) groups is 1. The molecule has 0 radical (unpaired) electrons. The van der Waals surface area contributed by atoms with Gasteiger partial charge in [0.2, 0.25) is 0 Å². The lowest BCUT2D eigenvalue weighted by molar-refractivity contribution is 0.0953. The molecule has 2 N–H and O–H groups in total. The van der Waals surface area contributed by atoms with Crippen LogP contribution in [0.3, 0.4) is 0 Å². The fraction of sp³-hybridized carbons (Fsp3) is 0.417. The van der Waals surface area contributed by atoms with E-state index in [0.29, 0.717) is 18.7 Å². The van der Waals surface area contributed by atoms with E-state index in [0.717, 1.165) is 49.9 Å². The van der Waals surface area contributed by atoms with Gasteiger partial charge in [-0.25, -0.2) is 0 Å². The first-order valence-electron chi connectivity index (χ1n) is 10.9. The summed E-state index contributed by atoms with van der Waals surface area (Å²) >= 11 is 0. The topological polar surface area (TPSA) is 69.2 Å². The van der Waals surface area contributed by atoms with Gasteiger partial charge in [0.1, 0.15) is 5.75 Å². The molecule has 32 heavy (non-hydrogen) atoms. The Morgan fingerprint density at radius 2 is 1.78 bits per heavy atom. The number of rotatable bonds is 7. The summed E-state index contributed by atoms with van der Waals surface area (Å²) in [5, 5.41) is 6.37. The molecule has 0 saturated carbocycles. The quantitative estimate of drug-likeness (QED) is 0.314. The van der Waals surface area contributed by atoms with E-state index in [2.05, 4.69) is 37.6 Å². The zero-order valence-corrected chi connectivity index (χ0v) is 21.5. The van der Waals surface area contributed by atoms with E-state index < -0.39 is 0 Å². The molecular weight excluding hydrogens is 517 g/mol. The highest BCUT2D eigenvalue weighted by molar-refractivity contribution is 14.0. The molecule has 1 aliphatic heterocycles. The average molecular weight is 551 g/mol. The summed E-state index contributed by atoms with van der Waals surface area (Å²) in [6, 6.07) is 15.9. The molecule has 174 valence electrons. The van der Waals surface area contributed by atoms with Gasteiger partial charge in [-0.05, 0) is 48.4 Å². The zero-order chi connectivity index (χ0) is 22.1. The SMILES string of the molecule is CCCNC(=O)c1cccc(CNC(=NC)N2CCN(c3ccc(OC)cc3)CC2)c1.I. The van der Waals surface area contributed by atoms with E-state index in [1.807, 2.05) is 50.4 Å². The molecule has 0 unspecified atom stereocenters. The van der Waals surface area contributed by atoms with Crippen molar-refractivity contribution in [2.24, 2.45) is 4.99 Å². The highest BCUT2D eigenvalue weighted by Gasteiger charge is 2.20. The van der Waals surface area contributed by atoms with Crippen LogP contribution in [0.4, 0.5) is 5.69 Å². The van der Waals surface area contributed by atoms with Crippen LogP contribution in [0.15, 0.2) is 53.5 Å². The number of ether oxygens (including phenoxy) is 1. The summed E-state index contributed by atoms with van der Waals surface area (Å²) < 4.78 is 5.25. The smallest absolute Gasteiger partial charge is 0.251 e.